The zero-order valence-electron chi connectivity index (χ0n) is 11.2. The summed E-state index contributed by atoms with van der Waals surface area (Å²) in [5, 5.41) is 8.53. The first-order valence-corrected chi connectivity index (χ1v) is 6.25. The van der Waals surface area contributed by atoms with Gasteiger partial charge in [-0.15, -0.1) is 0 Å². The van der Waals surface area contributed by atoms with Crippen molar-refractivity contribution in [2.45, 2.75) is 6.42 Å². The van der Waals surface area contributed by atoms with E-state index in [9.17, 15) is 9.59 Å². The largest absolute Gasteiger partial charge is 0.497 e. The molecule has 6 nitrogen and oxygen atoms in total. The quantitative estimate of drug-likeness (QED) is 0.758. The van der Waals surface area contributed by atoms with E-state index in [4.69, 9.17) is 10.00 Å². The normalized spacial score (nSPS) is 15.2. The molecule has 1 fully saturated rings. The Kier molecular flexibility index (Phi) is 4.20. The standard InChI is InChI=1S/C14H15N3O3/c1-20-12-5-2-4-11(8-12)16-9-13(18)17(7-3-6-15)14(19)10-16/h2,4-5,8H,3,7,9-10H2,1H3. The fraction of sp³-hybridized carbons (Fsp3) is 0.357. The van der Waals surface area contributed by atoms with Gasteiger partial charge in [-0.25, -0.2) is 0 Å². The third-order valence-corrected chi connectivity index (χ3v) is 3.12. The molecule has 0 unspecified atom stereocenters. The molecule has 0 atom stereocenters. The molecule has 1 saturated heterocycles. The van der Waals surface area contributed by atoms with Crippen LogP contribution in [0.15, 0.2) is 24.3 Å². The highest BCUT2D eigenvalue weighted by atomic mass is 16.5. The van der Waals surface area contributed by atoms with Crippen molar-refractivity contribution in [1.29, 1.82) is 5.26 Å². The molecule has 0 radical (unpaired) electrons. The maximum Gasteiger partial charge on any atom is 0.248 e. The summed E-state index contributed by atoms with van der Waals surface area (Å²) in [4.78, 5) is 26.8. The van der Waals surface area contributed by atoms with Gasteiger partial charge in [0, 0.05) is 18.3 Å². The van der Waals surface area contributed by atoms with Gasteiger partial charge < -0.3 is 9.64 Å². The van der Waals surface area contributed by atoms with Gasteiger partial charge in [0.25, 0.3) is 0 Å². The highest BCUT2D eigenvalue weighted by Crippen LogP contribution is 2.22. The molecule has 0 spiro atoms. The summed E-state index contributed by atoms with van der Waals surface area (Å²) in [5.41, 5.74) is 0.769. The first-order valence-electron chi connectivity index (χ1n) is 6.25. The Morgan fingerprint density at radius 2 is 2.00 bits per heavy atom. The number of carbonyl (C=O) groups is 2. The lowest BCUT2D eigenvalue weighted by atomic mass is 10.2. The van der Waals surface area contributed by atoms with Crippen molar-refractivity contribution in [1.82, 2.24) is 4.90 Å². The van der Waals surface area contributed by atoms with Gasteiger partial charge in [-0.1, -0.05) is 6.07 Å². The van der Waals surface area contributed by atoms with E-state index < -0.39 is 0 Å². The Morgan fingerprint density at radius 3 is 2.60 bits per heavy atom. The zero-order valence-corrected chi connectivity index (χ0v) is 11.2. The number of amides is 2. The number of hydrogen-bond acceptors (Lipinski definition) is 5. The van der Waals surface area contributed by atoms with E-state index in [0.717, 1.165) is 10.6 Å². The summed E-state index contributed by atoms with van der Waals surface area (Å²) in [5.74, 6) is 0.118. The van der Waals surface area contributed by atoms with Crippen LogP contribution in [0, 0.1) is 11.3 Å². The number of methoxy groups -OCH3 is 1. The number of nitriles is 1. The van der Waals surface area contributed by atoms with Crippen molar-refractivity contribution in [3.63, 3.8) is 0 Å². The minimum absolute atomic E-state index is 0.129. The maximum absolute atomic E-state index is 12.0. The van der Waals surface area contributed by atoms with Crippen LogP contribution in [0.2, 0.25) is 0 Å². The highest BCUT2D eigenvalue weighted by Gasteiger charge is 2.30. The van der Waals surface area contributed by atoms with Crippen LogP contribution in [0.5, 0.6) is 5.75 Å². The topological polar surface area (TPSA) is 73.6 Å². The first-order chi connectivity index (χ1) is 9.65. The van der Waals surface area contributed by atoms with E-state index in [1.54, 1.807) is 24.1 Å². The molecule has 0 aromatic heterocycles. The molecule has 0 aliphatic carbocycles. The van der Waals surface area contributed by atoms with E-state index in [2.05, 4.69) is 0 Å². The number of benzene rings is 1. The number of rotatable bonds is 4. The number of hydrogen-bond donors (Lipinski definition) is 0. The third kappa shape index (κ3) is 2.88. The Labute approximate surface area is 117 Å². The molecular formula is C14H15N3O3. The van der Waals surface area contributed by atoms with Gasteiger partial charge >= 0.3 is 0 Å². The number of imide groups is 1. The van der Waals surface area contributed by atoms with Crippen LogP contribution < -0.4 is 9.64 Å². The minimum Gasteiger partial charge on any atom is -0.497 e. The van der Waals surface area contributed by atoms with Crippen LogP contribution in [0.3, 0.4) is 0 Å². The lowest BCUT2D eigenvalue weighted by Crippen LogP contribution is -2.54. The van der Waals surface area contributed by atoms with E-state index in [1.807, 2.05) is 18.2 Å². The summed E-state index contributed by atoms with van der Waals surface area (Å²) < 4.78 is 5.13. The molecule has 0 bridgehead atoms. The van der Waals surface area contributed by atoms with E-state index in [1.165, 1.54) is 0 Å². The minimum atomic E-state index is -0.278. The number of carbonyl (C=O) groups excluding carboxylic acids is 2. The van der Waals surface area contributed by atoms with Gasteiger partial charge in [-0.05, 0) is 12.1 Å². The Bertz CT molecular complexity index is 547. The summed E-state index contributed by atoms with van der Waals surface area (Å²) in [6.45, 7) is 0.425. The smallest absolute Gasteiger partial charge is 0.248 e. The molecule has 1 aliphatic rings. The zero-order chi connectivity index (χ0) is 14.5. The molecule has 0 N–H and O–H groups in total. The molecule has 1 aromatic rings. The second kappa shape index (κ2) is 6.06. The Hall–Kier alpha value is -2.55. The summed E-state index contributed by atoms with van der Waals surface area (Å²) in [6.07, 6.45) is 0.163. The molecule has 1 aliphatic heterocycles. The molecule has 6 heteroatoms. The average molecular weight is 273 g/mol. The maximum atomic E-state index is 12.0. The molecule has 20 heavy (non-hydrogen) atoms. The van der Waals surface area contributed by atoms with Gasteiger partial charge in [-0.3, -0.25) is 14.5 Å². The summed E-state index contributed by atoms with van der Waals surface area (Å²) >= 11 is 0. The lowest BCUT2D eigenvalue weighted by Gasteiger charge is -2.33. The fourth-order valence-corrected chi connectivity index (χ4v) is 2.09. The van der Waals surface area contributed by atoms with E-state index in [0.29, 0.717) is 5.75 Å². The second-order valence-electron chi connectivity index (χ2n) is 4.40. The van der Waals surface area contributed by atoms with Gasteiger partial charge in [0.05, 0.1) is 32.7 Å². The Morgan fingerprint density at radius 1 is 1.30 bits per heavy atom. The first kappa shape index (κ1) is 13.9. The monoisotopic (exact) mass is 273 g/mol. The van der Waals surface area contributed by atoms with Crippen LogP contribution in [0.1, 0.15) is 6.42 Å². The number of nitrogens with zero attached hydrogens (tertiary/aromatic N) is 3. The van der Waals surface area contributed by atoms with Gasteiger partial charge in [-0.2, -0.15) is 5.26 Å². The SMILES string of the molecule is COc1cccc(N2CC(=O)N(CCC#N)C(=O)C2)c1. The third-order valence-electron chi connectivity index (χ3n) is 3.12. The summed E-state index contributed by atoms with van der Waals surface area (Å²) in [6, 6.07) is 9.16. The highest BCUT2D eigenvalue weighted by molar-refractivity contribution is 6.02. The molecule has 2 amide bonds. The van der Waals surface area contributed by atoms with Crippen molar-refractivity contribution in [2.24, 2.45) is 0 Å². The molecule has 0 saturated carbocycles. The number of ether oxygens (including phenoxy) is 1. The Balaban J connectivity index is 2.12. The van der Waals surface area contributed by atoms with Crippen LogP contribution in [-0.4, -0.2) is 43.5 Å². The predicted molar refractivity (Wildman–Crippen MR) is 72.2 cm³/mol. The number of anilines is 1. The van der Waals surface area contributed by atoms with Gasteiger partial charge in [0.2, 0.25) is 11.8 Å². The van der Waals surface area contributed by atoms with Crippen molar-refractivity contribution < 1.29 is 14.3 Å². The van der Waals surface area contributed by atoms with Crippen molar-refractivity contribution in [3.8, 4) is 11.8 Å². The fourth-order valence-electron chi connectivity index (χ4n) is 2.09. The molecule has 1 heterocycles. The van der Waals surface area contributed by atoms with Gasteiger partial charge in [0.1, 0.15) is 5.75 Å². The van der Waals surface area contributed by atoms with Crippen LogP contribution in [-0.2, 0) is 9.59 Å². The van der Waals surface area contributed by atoms with E-state index in [-0.39, 0.29) is 37.9 Å². The summed E-state index contributed by atoms with van der Waals surface area (Å²) in [7, 11) is 1.56. The molecule has 2 rings (SSSR count). The van der Waals surface area contributed by atoms with Crippen LogP contribution in [0.4, 0.5) is 5.69 Å². The van der Waals surface area contributed by atoms with Crippen LogP contribution in [0.25, 0.3) is 0 Å². The average Bonchev–Trinajstić information content (AvgIpc) is 2.46. The van der Waals surface area contributed by atoms with Crippen molar-refractivity contribution in [2.75, 3.05) is 31.6 Å². The van der Waals surface area contributed by atoms with Crippen molar-refractivity contribution >= 4 is 17.5 Å². The second-order valence-corrected chi connectivity index (χ2v) is 4.40. The van der Waals surface area contributed by atoms with E-state index >= 15 is 0 Å². The number of piperazine rings is 1. The van der Waals surface area contributed by atoms with Gasteiger partial charge in [0.15, 0.2) is 0 Å². The lowest BCUT2D eigenvalue weighted by molar-refractivity contribution is -0.145. The molecule has 1 aromatic carbocycles. The van der Waals surface area contributed by atoms with Crippen LogP contribution >= 0.6 is 0 Å². The molecule has 104 valence electrons. The molecular weight excluding hydrogens is 258 g/mol. The predicted octanol–water partition coefficient (Wildman–Crippen LogP) is 0.784. The van der Waals surface area contributed by atoms with Crippen molar-refractivity contribution in [3.05, 3.63) is 24.3 Å².